The number of carbonyl (C=O) groups excluding carboxylic acids is 1. The first kappa shape index (κ1) is 19.1. The SMILES string of the molecule is CCCCNC(=O)c1cn([C@H]2[C@@H](O)[C@@H](CO)O[C@@H](SC)[C@@H]2O)nn1. The summed E-state index contributed by atoms with van der Waals surface area (Å²) in [7, 11) is 0. The number of aromatic nitrogens is 3. The van der Waals surface area contributed by atoms with Crippen molar-refractivity contribution >= 4 is 17.7 Å². The minimum absolute atomic E-state index is 0.109. The van der Waals surface area contributed by atoms with E-state index in [1.165, 1.54) is 22.6 Å². The molecule has 5 atom stereocenters. The van der Waals surface area contributed by atoms with Crippen LogP contribution in [-0.2, 0) is 4.74 Å². The summed E-state index contributed by atoms with van der Waals surface area (Å²) < 4.78 is 6.72. The van der Waals surface area contributed by atoms with Crippen molar-refractivity contribution < 1.29 is 24.9 Å². The first-order chi connectivity index (χ1) is 11.5. The van der Waals surface area contributed by atoms with Gasteiger partial charge in [-0.25, -0.2) is 4.68 Å². The number of unbranched alkanes of at least 4 members (excludes halogenated alkanes) is 1. The number of nitrogens with one attached hydrogen (secondary N) is 1. The molecule has 1 aliphatic heterocycles. The molecule has 2 heterocycles. The second-order valence-corrected chi connectivity index (χ2v) is 6.56. The lowest BCUT2D eigenvalue weighted by molar-refractivity contribution is -0.178. The van der Waals surface area contributed by atoms with Crippen LogP contribution in [0, 0.1) is 0 Å². The average molecular weight is 360 g/mol. The quantitative estimate of drug-likeness (QED) is 0.463. The van der Waals surface area contributed by atoms with E-state index in [1.54, 1.807) is 6.26 Å². The summed E-state index contributed by atoms with van der Waals surface area (Å²) in [4.78, 5) is 12.0. The number of aliphatic hydroxyl groups excluding tert-OH is 3. The van der Waals surface area contributed by atoms with Crippen molar-refractivity contribution in [1.29, 1.82) is 0 Å². The Bertz CT molecular complexity index is 527. The van der Waals surface area contributed by atoms with Gasteiger partial charge in [0, 0.05) is 6.54 Å². The van der Waals surface area contributed by atoms with Crippen LogP contribution in [0.3, 0.4) is 0 Å². The van der Waals surface area contributed by atoms with Gasteiger partial charge in [0.25, 0.3) is 5.91 Å². The van der Waals surface area contributed by atoms with Crippen molar-refractivity contribution in [2.24, 2.45) is 0 Å². The van der Waals surface area contributed by atoms with E-state index in [1.807, 2.05) is 6.92 Å². The number of aliphatic hydroxyl groups is 3. The Balaban J connectivity index is 2.15. The first-order valence-corrected chi connectivity index (χ1v) is 9.17. The minimum atomic E-state index is -1.17. The number of hydrogen-bond donors (Lipinski definition) is 4. The summed E-state index contributed by atoms with van der Waals surface area (Å²) in [5, 5.41) is 40.5. The lowest BCUT2D eigenvalue weighted by Crippen LogP contribution is -2.54. The molecule has 24 heavy (non-hydrogen) atoms. The molecule has 1 fully saturated rings. The van der Waals surface area contributed by atoms with E-state index >= 15 is 0 Å². The zero-order valence-corrected chi connectivity index (χ0v) is 14.5. The van der Waals surface area contributed by atoms with Gasteiger partial charge >= 0.3 is 0 Å². The van der Waals surface area contributed by atoms with Crippen molar-refractivity contribution in [2.45, 2.75) is 49.6 Å². The molecule has 0 bridgehead atoms. The van der Waals surface area contributed by atoms with E-state index in [0.717, 1.165) is 12.8 Å². The first-order valence-electron chi connectivity index (χ1n) is 7.88. The molecule has 0 saturated carbocycles. The van der Waals surface area contributed by atoms with E-state index in [-0.39, 0.29) is 18.2 Å². The van der Waals surface area contributed by atoms with Crippen molar-refractivity contribution in [3.8, 4) is 0 Å². The Morgan fingerprint density at radius 2 is 2.21 bits per heavy atom. The number of nitrogens with zero attached hydrogens (tertiary/aromatic N) is 3. The van der Waals surface area contributed by atoms with Crippen LogP contribution in [0.5, 0.6) is 0 Å². The number of carbonyl (C=O) groups is 1. The summed E-state index contributed by atoms with van der Waals surface area (Å²) in [6.07, 6.45) is 1.89. The molecular formula is C14H24N4O5S. The van der Waals surface area contributed by atoms with E-state index in [2.05, 4.69) is 15.6 Å². The topological polar surface area (TPSA) is 130 Å². The Morgan fingerprint density at radius 1 is 1.46 bits per heavy atom. The summed E-state index contributed by atoms with van der Waals surface area (Å²) in [5.74, 6) is -0.356. The van der Waals surface area contributed by atoms with Gasteiger partial charge in [-0.2, -0.15) is 0 Å². The van der Waals surface area contributed by atoms with Gasteiger partial charge in [0.1, 0.15) is 29.8 Å². The van der Waals surface area contributed by atoms with Crippen LogP contribution in [0.1, 0.15) is 36.3 Å². The third kappa shape index (κ3) is 4.06. The Morgan fingerprint density at radius 3 is 2.83 bits per heavy atom. The molecular weight excluding hydrogens is 336 g/mol. The second-order valence-electron chi connectivity index (χ2n) is 5.63. The van der Waals surface area contributed by atoms with Gasteiger partial charge in [-0.15, -0.1) is 16.9 Å². The highest BCUT2D eigenvalue weighted by molar-refractivity contribution is 7.99. The predicted molar refractivity (Wildman–Crippen MR) is 87.6 cm³/mol. The Labute approximate surface area is 144 Å². The van der Waals surface area contributed by atoms with E-state index in [0.29, 0.717) is 6.54 Å². The smallest absolute Gasteiger partial charge is 0.273 e. The second kappa shape index (κ2) is 8.77. The molecule has 136 valence electrons. The van der Waals surface area contributed by atoms with Gasteiger partial charge < -0.3 is 25.4 Å². The Kier molecular flexibility index (Phi) is 6.99. The molecule has 9 nitrogen and oxygen atoms in total. The average Bonchev–Trinajstić information content (AvgIpc) is 3.05. The fourth-order valence-electron chi connectivity index (χ4n) is 2.57. The number of ether oxygens (including phenoxy) is 1. The van der Waals surface area contributed by atoms with Crippen molar-refractivity contribution in [1.82, 2.24) is 20.3 Å². The summed E-state index contributed by atoms with van der Waals surface area (Å²) >= 11 is 1.26. The zero-order valence-electron chi connectivity index (χ0n) is 13.7. The van der Waals surface area contributed by atoms with Gasteiger partial charge in [0.05, 0.1) is 12.8 Å². The maximum Gasteiger partial charge on any atom is 0.273 e. The van der Waals surface area contributed by atoms with E-state index < -0.39 is 29.8 Å². The van der Waals surface area contributed by atoms with Gasteiger partial charge in [0.2, 0.25) is 0 Å². The molecule has 0 radical (unpaired) electrons. The monoisotopic (exact) mass is 360 g/mol. The molecule has 0 unspecified atom stereocenters. The number of thioether (sulfide) groups is 1. The number of rotatable bonds is 7. The predicted octanol–water partition coefficient (Wildman–Crippen LogP) is -0.849. The molecule has 10 heteroatoms. The van der Waals surface area contributed by atoms with Gasteiger partial charge in [-0.3, -0.25) is 4.79 Å². The van der Waals surface area contributed by atoms with Gasteiger partial charge in [-0.1, -0.05) is 18.6 Å². The molecule has 1 aromatic rings. The zero-order chi connectivity index (χ0) is 17.7. The molecule has 0 aliphatic carbocycles. The molecule has 1 saturated heterocycles. The highest BCUT2D eigenvalue weighted by atomic mass is 32.2. The third-order valence-electron chi connectivity index (χ3n) is 3.95. The normalized spacial score (nSPS) is 30.3. The summed E-state index contributed by atoms with van der Waals surface area (Å²) in [6, 6.07) is -0.863. The van der Waals surface area contributed by atoms with Gasteiger partial charge in [0.15, 0.2) is 5.69 Å². The summed E-state index contributed by atoms with van der Waals surface area (Å²) in [5.41, 5.74) is -0.514. The highest BCUT2D eigenvalue weighted by Gasteiger charge is 2.45. The van der Waals surface area contributed by atoms with Crippen LogP contribution in [0.25, 0.3) is 0 Å². The van der Waals surface area contributed by atoms with Crippen molar-refractivity contribution in [3.05, 3.63) is 11.9 Å². The third-order valence-corrected chi connectivity index (χ3v) is 4.80. The van der Waals surface area contributed by atoms with Crippen LogP contribution < -0.4 is 5.32 Å². The molecule has 2 rings (SSSR count). The van der Waals surface area contributed by atoms with Gasteiger partial charge in [-0.05, 0) is 12.7 Å². The molecule has 1 amide bonds. The molecule has 1 aromatic heterocycles. The lowest BCUT2D eigenvalue weighted by Gasteiger charge is -2.41. The van der Waals surface area contributed by atoms with E-state index in [4.69, 9.17) is 4.74 Å². The number of amides is 1. The van der Waals surface area contributed by atoms with Crippen molar-refractivity contribution in [3.63, 3.8) is 0 Å². The largest absolute Gasteiger partial charge is 0.394 e. The molecule has 0 aromatic carbocycles. The fourth-order valence-corrected chi connectivity index (χ4v) is 3.26. The fraction of sp³-hybridized carbons (Fsp3) is 0.786. The molecule has 0 spiro atoms. The maximum absolute atomic E-state index is 12.0. The highest BCUT2D eigenvalue weighted by Crippen LogP contribution is 2.33. The number of hydrogen-bond acceptors (Lipinski definition) is 8. The van der Waals surface area contributed by atoms with E-state index in [9.17, 15) is 20.1 Å². The Hall–Kier alpha value is -1.20. The van der Waals surface area contributed by atoms with Crippen LogP contribution in [-0.4, -0.2) is 79.4 Å². The van der Waals surface area contributed by atoms with Crippen LogP contribution in [0.15, 0.2) is 6.20 Å². The van der Waals surface area contributed by atoms with Crippen molar-refractivity contribution in [2.75, 3.05) is 19.4 Å². The standard InChI is InChI=1S/C14H24N4O5S/c1-3-4-5-15-13(22)8-6-18(17-16-8)10-11(20)9(7-19)23-14(24-2)12(10)21/h6,9-12,14,19-21H,3-5,7H2,1-2H3,(H,15,22)/t9-,10+,11+,12-,14+/m1/s1. The minimum Gasteiger partial charge on any atom is -0.394 e. The summed E-state index contributed by atoms with van der Waals surface area (Å²) in [6.45, 7) is 2.18. The van der Waals surface area contributed by atoms with Crippen LogP contribution >= 0.6 is 11.8 Å². The maximum atomic E-state index is 12.0. The molecule has 1 aliphatic rings. The molecule has 4 N–H and O–H groups in total. The lowest BCUT2D eigenvalue weighted by atomic mass is 9.97. The van der Waals surface area contributed by atoms with Crippen LogP contribution in [0.2, 0.25) is 0 Å². The van der Waals surface area contributed by atoms with Crippen LogP contribution in [0.4, 0.5) is 0 Å².